The maximum Gasteiger partial charge on any atom is 0.133 e. The highest BCUT2D eigenvalue weighted by molar-refractivity contribution is 5.51. The fourth-order valence-electron chi connectivity index (χ4n) is 0.580. The van der Waals surface area contributed by atoms with Crippen LogP contribution in [0.2, 0.25) is 0 Å². The lowest BCUT2D eigenvalue weighted by Crippen LogP contribution is -2.23. The summed E-state index contributed by atoms with van der Waals surface area (Å²) >= 11 is 0. The first-order valence-corrected chi connectivity index (χ1v) is 3.13. The predicted octanol–water partition coefficient (Wildman–Crippen LogP) is -0.534. The van der Waals surface area contributed by atoms with Crippen molar-refractivity contribution < 1.29 is 4.79 Å². The number of hydrogen-bond donors (Lipinski definition) is 1. The van der Waals surface area contributed by atoms with E-state index in [1.165, 1.54) is 0 Å². The number of likely N-dealkylation sites (N-methyl/N-ethyl adjacent to an activating group) is 1. The zero-order chi connectivity index (χ0) is 7.11. The standard InChI is InChI=1S/C6H14N2O/c1-8(5-6-9)4-2-3-7/h6H,2-5,7H2,1H3. The molecule has 0 aromatic carbocycles. The maximum absolute atomic E-state index is 9.91. The Hall–Kier alpha value is -0.410. The molecule has 0 aliphatic carbocycles. The second-order valence-electron chi connectivity index (χ2n) is 2.07. The van der Waals surface area contributed by atoms with Crippen molar-refractivity contribution in [3.05, 3.63) is 0 Å². The molecule has 0 aliphatic heterocycles. The number of rotatable bonds is 5. The van der Waals surface area contributed by atoms with E-state index in [0.29, 0.717) is 13.1 Å². The van der Waals surface area contributed by atoms with Gasteiger partial charge in [-0.15, -0.1) is 0 Å². The Labute approximate surface area is 55.8 Å². The fourth-order valence-corrected chi connectivity index (χ4v) is 0.580. The molecule has 0 aromatic rings. The molecule has 0 spiro atoms. The Bertz CT molecular complexity index is 75.5. The molecular weight excluding hydrogens is 116 g/mol. The molecule has 3 nitrogen and oxygen atoms in total. The molecule has 0 bridgehead atoms. The smallest absolute Gasteiger partial charge is 0.133 e. The van der Waals surface area contributed by atoms with E-state index in [1.807, 2.05) is 11.9 Å². The van der Waals surface area contributed by atoms with Crippen LogP contribution in [0.1, 0.15) is 6.42 Å². The van der Waals surface area contributed by atoms with Crippen LogP contribution in [-0.4, -0.2) is 37.9 Å². The van der Waals surface area contributed by atoms with E-state index in [1.54, 1.807) is 0 Å². The summed E-state index contributed by atoms with van der Waals surface area (Å²) in [6.45, 7) is 2.12. The third-order valence-corrected chi connectivity index (χ3v) is 1.13. The number of nitrogens with zero attached hydrogens (tertiary/aromatic N) is 1. The third-order valence-electron chi connectivity index (χ3n) is 1.13. The van der Waals surface area contributed by atoms with Crippen LogP contribution >= 0.6 is 0 Å². The molecule has 0 fully saturated rings. The fraction of sp³-hybridized carbons (Fsp3) is 0.833. The van der Waals surface area contributed by atoms with Crippen molar-refractivity contribution >= 4 is 6.29 Å². The van der Waals surface area contributed by atoms with E-state index in [-0.39, 0.29) is 0 Å². The van der Waals surface area contributed by atoms with Gasteiger partial charge < -0.3 is 10.5 Å². The van der Waals surface area contributed by atoms with Gasteiger partial charge >= 0.3 is 0 Å². The predicted molar refractivity (Wildman–Crippen MR) is 37.2 cm³/mol. The first kappa shape index (κ1) is 8.59. The largest absolute Gasteiger partial charge is 0.330 e. The van der Waals surface area contributed by atoms with Gasteiger partial charge in [0.25, 0.3) is 0 Å². The zero-order valence-electron chi connectivity index (χ0n) is 5.84. The zero-order valence-corrected chi connectivity index (χ0v) is 5.84. The highest BCUT2D eigenvalue weighted by atomic mass is 16.1. The van der Waals surface area contributed by atoms with Crippen LogP contribution in [0.25, 0.3) is 0 Å². The highest BCUT2D eigenvalue weighted by Gasteiger charge is 1.92. The quantitative estimate of drug-likeness (QED) is 0.509. The van der Waals surface area contributed by atoms with Crippen molar-refractivity contribution in [1.29, 1.82) is 0 Å². The number of carbonyl (C=O) groups is 1. The summed E-state index contributed by atoms with van der Waals surface area (Å²) in [6, 6.07) is 0. The van der Waals surface area contributed by atoms with Crippen LogP contribution in [-0.2, 0) is 4.79 Å². The number of hydrogen-bond acceptors (Lipinski definition) is 3. The number of carbonyl (C=O) groups excluding carboxylic acids is 1. The Morgan fingerprint density at radius 1 is 1.67 bits per heavy atom. The molecule has 9 heavy (non-hydrogen) atoms. The van der Waals surface area contributed by atoms with Crippen LogP contribution in [0, 0.1) is 0 Å². The molecular formula is C6H14N2O. The van der Waals surface area contributed by atoms with Crippen molar-refractivity contribution in [1.82, 2.24) is 4.90 Å². The van der Waals surface area contributed by atoms with Crippen LogP contribution < -0.4 is 5.73 Å². The van der Waals surface area contributed by atoms with Crippen LogP contribution in [0.3, 0.4) is 0 Å². The summed E-state index contributed by atoms with van der Waals surface area (Å²) in [7, 11) is 1.91. The molecule has 0 aromatic heterocycles. The average Bonchev–Trinajstić information content (AvgIpc) is 1.85. The number of aldehydes is 1. The topological polar surface area (TPSA) is 46.3 Å². The van der Waals surface area contributed by atoms with Crippen molar-refractivity contribution in [2.24, 2.45) is 5.73 Å². The van der Waals surface area contributed by atoms with E-state index in [0.717, 1.165) is 19.3 Å². The minimum absolute atomic E-state index is 0.514. The van der Waals surface area contributed by atoms with Gasteiger partial charge in [0.2, 0.25) is 0 Å². The van der Waals surface area contributed by atoms with Crippen molar-refractivity contribution in [3.8, 4) is 0 Å². The van der Waals surface area contributed by atoms with Gasteiger partial charge in [-0.3, -0.25) is 4.90 Å². The minimum atomic E-state index is 0.514. The average molecular weight is 130 g/mol. The first-order valence-electron chi connectivity index (χ1n) is 3.13. The van der Waals surface area contributed by atoms with Gasteiger partial charge in [-0.25, -0.2) is 0 Å². The Kier molecular flexibility index (Phi) is 5.46. The Balaban J connectivity index is 3.04. The van der Waals surface area contributed by atoms with Gasteiger partial charge in [0.05, 0.1) is 6.54 Å². The summed E-state index contributed by atoms with van der Waals surface area (Å²) in [4.78, 5) is 11.8. The van der Waals surface area contributed by atoms with E-state index >= 15 is 0 Å². The van der Waals surface area contributed by atoms with Gasteiger partial charge in [-0.2, -0.15) is 0 Å². The SMILES string of the molecule is CN(CC=O)CCCN. The van der Waals surface area contributed by atoms with E-state index in [9.17, 15) is 4.79 Å². The summed E-state index contributed by atoms with van der Waals surface area (Å²) in [6.07, 6.45) is 1.86. The van der Waals surface area contributed by atoms with Gasteiger partial charge in [-0.1, -0.05) is 0 Å². The molecule has 54 valence electrons. The van der Waals surface area contributed by atoms with E-state index in [2.05, 4.69) is 0 Å². The van der Waals surface area contributed by atoms with Crippen molar-refractivity contribution in [2.45, 2.75) is 6.42 Å². The third kappa shape index (κ3) is 5.46. The molecule has 0 aliphatic rings. The summed E-state index contributed by atoms with van der Waals surface area (Å²) in [5.41, 5.74) is 5.26. The van der Waals surface area contributed by atoms with Gasteiger partial charge in [-0.05, 0) is 26.6 Å². The molecule has 2 N–H and O–H groups in total. The monoisotopic (exact) mass is 130 g/mol. The minimum Gasteiger partial charge on any atom is -0.330 e. The second kappa shape index (κ2) is 5.72. The normalized spacial score (nSPS) is 10.1. The summed E-state index contributed by atoms with van der Waals surface area (Å²) in [5.74, 6) is 0. The Morgan fingerprint density at radius 3 is 2.78 bits per heavy atom. The van der Waals surface area contributed by atoms with E-state index < -0.39 is 0 Å². The lowest BCUT2D eigenvalue weighted by Gasteiger charge is -2.10. The molecule has 0 rings (SSSR count). The van der Waals surface area contributed by atoms with Crippen LogP contribution in [0.15, 0.2) is 0 Å². The van der Waals surface area contributed by atoms with Crippen LogP contribution in [0.5, 0.6) is 0 Å². The first-order chi connectivity index (χ1) is 4.31. The van der Waals surface area contributed by atoms with Gasteiger partial charge in [0.15, 0.2) is 0 Å². The molecule has 0 saturated carbocycles. The van der Waals surface area contributed by atoms with E-state index in [4.69, 9.17) is 5.73 Å². The number of nitrogens with two attached hydrogens (primary N) is 1. The van der Waals surface area contributed by atoms with Crippen molar-refractivity contribution in [2.75, 3.05) is 26.7 Å². The molecule has 0 unspecified atom stereocenters. The van der Waals surface area contributed by atoms with Crippen molar-refractivity contribution in [3.63, 3.8) is 0 Å². The van der Waals surface area contributed by atoms with Crippen LogP contribution in [0.4, 0.5) is 0 Å². The Morgan fingerprint density at radius 2 is 2.33 bits per heavy atom. The van der Waals surface area contributed by atoms with Gasteiger partial charge in [0.1, 0.15) is 6.29 Å². The van der Waals surface area contributed by atoms with Gasteiger partial charge in [0, 0.05) is 0 Å². The highest BCUT2D eigenvalue weighted by Crippen LogP contribution is 1.81. The molecule has 0 heterocycles. The maximum atomic E-state index is 9.91. The lowest BCUT2D eigenvalue weighted by molar-refractivity contribution is -0.108. The molecule has 0 atom stereocenters. The summed E-state index contributed by atoms with van der Waals surface area (Å²) < 4.78 is 0. The second-order valence-corrected chi connectivity index (χ2v) is 2.07. The lowest BCUT2D eigenvalue weighted by atomic mass is 10.4. The molecule has 0 amide bonds. The molecule has 0 saturated heterocycles. The summed E-state index contributed by atoms with van der Waals surface area (Å²) in [5, 5.41) is 0. The molecule has 3 heteroatoms. The molecule has 0 radical (unpaired) electrons.